The molecular weight excluding hydrogens is 268 g/mol. The molecule has 1 fully saturated rings. The minimum atomic E-state index is -3.55. The Morgan fingerprint density at radius 1 is 1.29 bits per heavy atom. The molecule has 1 saturated heterocycles. The largest absolute Gasteiger partial charge is 0.374 e. The van der Waals surface area contributed by atoms with Crippen LogP contribution in [-0.4, -0.2) is 66.9 Å². The van der Waals surface area contributed by atoms with E-state index in [4.69, 9.17) is 4.74 Å². The zero-order valence-electron chi connectivity index (χ0n) is 9.68. The Bertz CT molecular complexity index is 425. The second-order valence-corrected chi connectivity index (χ2v) is 8.18. The lowest BCUT2D eigenvalue weighted by atomic mass is 10.3. The molecule has 0 aromatic carbocycles. The van der Waals surface area contributed by atoms with Crippen LogP contribution >= 0.6 is 0 Å². The fraction of sp³-hybridized carbons (Fsp3) is 1.00. The number of rotatable bonds is 6. The molecule has 1 unspecified atom stereocenters. The van der Waals surface area contributed by atoms with Crippen LogP contribution in [0.4, 0.5) is 0 Å². The van der Waals surface area contributed by atoms with E-state index in [0.717, 1.165) is 12.8 Å². The summed E-state index contributed by atoms with van der Waals surface area (Å²) in [5.74, 6) is -0.780. The van der Waals surface area contributed by atoms with Crippen molar-refractivity contribution in [3.8, 4) is 0 Å². The summed E-state index contributed by atoms with van der Waals surface area (Å²) in [6.07, 6.45) is 0.813. The fourth-order valence-electron chi connectivity index (χ4n) is 1.30. The van der Waals surface area contributed by atoms with E-state index in [2.05, 4.69) is 10.0 Å². The topological polar surface area (TPSA) is 102 Å². The van der Waals surface area contributed by atoms with Crippen LogP contribution in [0.2, 0.25) is 0 Å². The number of sulfone groups is 1. The lowest BCUT2D eigenvalue weighted by Crippen LogP contribution is -2.45. The molecular formula is C8H18N2O5S2. The predicted molar refractivity (Wildman–Crippen MR) is 64.1 cm³/mol. The minimum absolute atomic E-state index is 0.166. The molecule has 1 aliphatic rings. The number of sulfonamides is 1. The van der Waals surface area contributed by atoms with Gasteiger partial charge in [-0.2, -0.15) is 0 Å². The van der Waals surface area contributed by atoms with Gasteiger partial charge in [-0.1, -0.05) is 0 Å². The van der Waals surface area contributed by atoms with E-state index in [1.165, 1.54) is 0 Å². The zero-order valence-corrected chi connectivity index (χ0v) is 11.3. The van der Waals surface area contributed by atoms with E-state index in [1.54, 1.807) is 0 Å². The number of morpholine rings is 1. The minimum Gasteiger partial charge on any atom is -0.374 e. The zero-order chi connectivity index (χ0) is 12.9. The van der Waals surface area contributed by atoms with Crippen LogP contribution in [0.5, 0.6) is 0 Å². The second-order valence-electron chi connectivity index (χ2n) is 3.99. The summed E-state index contributed by atoms with van der Waals surface area (Å²) >= 11 is 0. The molecule has 0 saturated carbocycles. The van der Waals surface area contributed by atoms with Crippen LogP contribution in [0.25, 0.3) is 0 Å². The Morgan fingerprint density at radius 3 is 2.53 bits per heavy atom. The molecule has 0 aromatic heterocycles. The maximum atomic E-state index is 11.5. The van der Waals surface area contributed by atoms with Crippen molar-refractivity contribution in [2.75, 3.05) is 44.0 Å². The van der Waals surface area contributed by atoms with Gasteiger partial charge in [-0.25, -0.2) is 21.6 Å². The summed E-state index contributed by atoms with van der Waals surface area (Å²) in [5, 5.41) is 3.07. The number of hydrogen-bond acceptors (Lipinski definition) is 6. The standard InChI is InChI=1S/C8H18N2O5S2/c1-16(11,12)4-5-17(13,14)10-7-8-6-9-2-3-15-8/h8-10H,2-7H2,1H3. The Balaban J connectivity index is 2.33. The van der Waals surface area contributed by atoms with Crippen molar-refractivity contribution >= 4 is 19.9 Å². The van der Waals surface area contributed by atoms with Gasteiger partial charge in [0.2, 0.25) is 10.0 Å². The van der Waals surface area contributed by atoms with Crippen molar-refractivity contribution in [3.05, 3.63) is 0 Å². The van der Waals surface area contributed by atoms with Crippen molar-refractivity contribution in [2.24, 2.45) is 0 Å². The van der Waals surface area contributed by atoms with Gasteiger partial charge in [0.1, 0.15) is 9.84 Å². The monoisotopic (exact) mass is 286 g/mol. The van der Waals surface area contributed by atoms with E-state index in [9.17, 15) is 16.8 Å². The number of nitrogens with one attached hydrogen (secondary N) is 2. The van der Waals surface area contributed by atoms with Crippen LogP contribution in [0.15, 0.2) is 0 Å². The number of hydrogen-bond donors (Lipinski definition) is 2. The molecule has 17 heavy (non-hydrogen) atoms. The molecule has 7 nitrogen and oxygen atoms in total. The van der Waals surface area contributed by atoms with E-state index < -0.39 is 25.6 Å². The van der Waals surface area contributed by atoms with E-state index in [1.807, 2.05) is 0 Å². The van der Waals surface area contributed by atoms with Crippen LogP contribution in [0, 0.1) is 0 Å². The molecule has 102 valence electrons. The second kappa shape index (κ2) is 6.10. The summed E-state index contributed by atoms with van der Waals surface area (Å²) < 4.78 is 52.3. The molecule has 1 atom stereocenters. The first kappa shape index (κ1) is 14.8. The van der Waals surface area contributed by atoms with E-state index in [0.29, 0.717) is 13.2 Å². The summed E-state index contributed by atoms with van der Waals surface area (Å²) in [6, 6.07) is 0. The maximum absolute atomic E-state index is 11.5. The average molecular weight is 286 g/mol. The van der Waals surface area contributed by atoms with E-state index in [-0.39, 0.29) is 18.4 Å². The molecule has 1 aliphatic heterocycles. The van der Waals surface area contributed by atoms with Crippen LogP contribution < -0.4 is 10.0 Å². The van der Waals surface area contributed by atoms with Crippen molar-refractivity contribution in [3.63, 3.8) is 0 Å². The molecule has 0 radical (unpaired) electrons. The van der Waals surface area contributed by atoms with Gasteiger partial charge in [0.25, 0.3) is 0 Å². The molecule has 1 rings (SSSR count). The Labute approximate surface area is 102 Å². The fourth-order valence-corrected chi connectivity index (χ4v) is 3.98. The highest BCUT2D eigenvalue weighted by atomic mass is 32.2. The lowest BCUT2D eigenvalue weighted by Gasteiger charge is -2.23. The van der Waals surface area contributed by atoms with Gasteiger partial charge >= 0.3 is 0 Å². The highest BCUT2D eigenvalue weighted by Crippen LogP contribution is 1.96. The van der Waals surface area contributed by atoms with Crippen LogP contribution in [0.3, 0.4) is 0 Å². The highest BCUT2D eigenvalue weighted by molar-refractivity contribution is 7.93. The van der Waals surface area contributed by atoms with Crippen molar-refractivity contribution in [1.29, 1.82) is 0 Å². The summed E-state index contributed by atoms with van der Waals surface area (Å²) in [4.78, 5) is 0. The Kier molecular flexibility index (Phi) is 5.32. The maximum Gasteiger partial charge on any atom is 0.212 e. The van der Waals surface area contributed by atoms with Gasteiger partial charge in [0.15, 0.2) is 0 Å². The van der Waals surface area contributed by atoms with Gasteiger partial charge in [-0.3, -0.25) is 0 Å². The first-order chi connectivity index (χ1) is 7.79. The van der Waals surface area contributed by atoms with Crippen LogP contribution in [-0.2, 0) is 24.6 Å². The van der Waals surface area contributed by atoms with Gasteiger partial charge in [0, 0.05) is 25.9 Å². The van der Waals surface area contributed by atoms with Gasteiger partial charge in [-0.05, 0) is 0 Å². The third-order valence-electron chi connectivity index (χ3n) is 2.26. The third-order valence-corrected chi connectivity index (χ3v) is 4.81. The van der Waals surface area contributed by atoms with E-state index >= 15 is 0 Å². The number of ether oxygens (including phenoxy) is 1. The Morgan fingerprint density at radius 2 is 2.00 bits per heavy atom. The predicted octanol–water partition coefficient (Wildman–Crippen LogP) is -2.06. The smallest absolute Gasteiger partial charge is 0.212 e. The Hall–Kier alpha value is -0.220. The van der Waals surface area contributed by atoms with Crippen molar-refractivity contribution in [1.82, 2.24) is 10.0 Å². The quantitative estimate of drug-likeness (QED) is 0.582. The molecule has 0 aliphatic carbocycles. The molecule has 1 heterocycles. The van der Waals surface area contributed by atoms with Crippen molar-refractivity contribution < 1.29 is 21.6 Å². The SMILES string of the molecule is CS(=O)(=O)CCS(=O)(=O)NCC1CNCCO1. The molecule has 2 N–H and O–H groups in total. The third kappa shape index (κ3) is 6.94. The first-order valence-electron chi connectivity index (χ1n) is 5.26. The van der Waals surface area contributed by atoms with Gasteiger partial charge in [0.05, 0.1) is 24.2 Å². The van der Waals surface area contributed by atoms with Crippen LogP contribution in [0.1, 0.15) is 0 Å². The highest BCUT2D eigenvalue weighted by Gasteiger charge is 2.18. The average Bonchev–Trinajstić information content (AvgIpc) is 2.25. The summed E-state index contributed by atoms with van der Waals surface area (Å²) in [6.45, 7) is 2.07. The molecule has 9 heteroatoms. The summed E-state index contributed by atoms with van der Waals surface area (Å²) in [5.41, 5.74) is 0. The molecule has 0 spiro atoms. The van der Waals surface area contributed by atoms with Gasteiger partial charge < -0.3 is 10.1 Å². The molecule has 0 bridgehead atoms. The van der Waals surface area contributed by atoms with Crippen molar-refractivity contribution in [2.45, 2.75) is 6.10 Å². The normalized spacial score (nSPS) is 22.5. The summed E-state index contributed by atoms with van der Waals surface area (Å²) in [7, 11) is -6.81. The molecule has 0 amide bonds. The molecule has 0 aromatic rings. The first-order valence-corrected chi connectivity index (χ1v) is 8.97. The lowest BCUT2D eigenvalue weighted by molar-refractivity contribution is 0.0324. The van der Waals surface area contributed by atoms with Gasteiger partial charge in [-0.15, -0.1) is 0 Å².